The number of ether oxygens (including phenoxy) is 1. The van der Waals surface area contributed by atoms with Gasteiger partial charge in [0.25, 0.3) is 0 Å². The Bertz CT molecular complexity index is 1120. The highest BCUT2D eigenvalue weighted by Gasteiger charge is 2.17. The largest absolute Gasteiger partial charge is 0.506 e. The second kappa shape index (κ2) is 9.21. The first kappa shape index (κ1) is 21.7. The summed E-state index contributed by atoms with van der Waals surface area (Å²) in [7, 11) is 1.52. The van der Waals surface area contributed by atoms with Crippen molar-refractivity contribution in [2.75, 3.05) is 7.11 Å². The number of rotatable bonds is 6. The molecule has 3 N–H and O–H groups in total. The second-order valence-corrected chi connectivity index (χ2v) is 8.77. The molecule has 2 aromatic carbocycles. The summed E-state index contributed by atoms with van der Waals surface area (Å²) in [5.41, 5.74) is 0.914. The summed E-state index contributed by atoms with van der Waals surface area (Å²) in [6.07, 6.45) is 1.34. The van der Waals surface area contributed by atoms with E-state index in [2.05, 4.69) is 47.0 Å². The van der Waals surface area contributed by atoms with E-state index in [1.807, 2.05) is 0 Å². The number of aliphatic carboxylic acids is 1. The van der Waals surface area contributed by atoms with E-state index < -0.39 is 5.97 Å². The zero-order valence-electron chi connectivity index (χ0n) is 14.6. The van der Waals surface area contributed by atoms with Crippen molar-refractivity contribution in [1.29, 1.82) is 0 Å². The van der Waals surface area contributed by atoms with Crippen LogP contribution in [0.4, 0.5) is 0 Å². The quantitative estimate of drug-likeness (QED) is 0.266. The van der Waals surface area contributed by atoms with Crippen LogP contribution < -0.4 is 4.74 Å². The Hall–Kier alpha value is -2.01. The number of benzene rings is 2. The van der Waals surface area contributed by atoms with Crippen molar-refractivity contribution < 1.29 is 19.7 Å². The first-order chi connectivity index (χ1) is 13.8. The number of thioether (sulfide) groups is 1. The van der Waals surface area contributed by atoms with E-state index in [9.17, 15) is 15.0 Å². The molecule has 0 aliphatic rings. The Labute approximate surface area is 191 Å². The maximum Gasteiger partial charge on any atom is 0.342 e. The van der Waals surface area contributed by atoms with Gasteiger partial charge in [-0.3, -0.25) is 5.10 Å². The van der Waals surface area contributed by atoms with Gasteiger partial charge in [-0.25, -0.2) is 9.78 Å². The molecule has 0 aliphatic carbocycles. The Kier molecular flexibility index (Phi) is 6.89. The van der Waals surface area contributed by atoms with E-state index in [4.69, 9.17) is 16.3 Å². The summed E-state index contributed by atoms with van der Waals surface area (Å²) >= 11 is 13.4. The number of aromatic nitrogens is 3. The fourth-order valence-corrected chi connectivity index (χ4v) is 4.48. The van der Waals surface area contributed by atoms with Crippen molar-refractivity contribution in [3.8, 4) is 22.9 Å². The number of methoxy groups -OCH3 is 1. The molecule has 29 heavy (non-hydrogen) atoms. The third-order valence-corrected chi connectivity index (χ3v) is 5.81. The fourth-order valence-electron chi connectivity index (χ4n) is 2.35. The van der Waals surface area contributed by atoms with E-state index in [1.54, 1.807) is 30.3 Å². The lowest BCUT2D eigenvalue weighted by molar-refractivity contribution is -0.131. The summed E-state index contributed by atoms with van der Waals surface area (Å²) in [6.45, 7) is 0. The zero-order valence-corrected chi connectivity index (χ0v) is 19.4. The highest BCUT2D eigenvalue weighted by Crippen LogP contribution is 2.36. The van der Waals surface area contributed by atoms with Crippen molar-refractivity contribution in [3.05, 3.63) is 54.8 Å². The van der Waals surface area contributed by atoms with Crippen LogP contribution in [0.5, 0.6) is 11.5 Å². The summed E-state index contributed by atoms with van der Waals surface area (Å²) < 4.78 is 6.41. The van der Waals surface area contributed by atoms with Crippen LogP contribution in [0.25, 0.3) is 17.5 Å². The van der Waals surface area contributed by atoms with Crippen molar-refractivity contribution in [2.24, 2.45) is 0 Å². The third kappa shape index (κ3) is 5.13. The predicted octanol–water partition coefficient (Wildman–Crippen LogP) is 5.58. The van der Waals surface area contributed by atoms with Crippen LogP contribution >= 0.6 is 55.2 Å². The van der Waals surface area contributed by atoms with Gasteiger partial charge in [0.05, 0.1) is 17.1 Å². The van der Waals surface area contributed by atoms with Gasteiger partial charge in [0.2, 0.25) is 5.16 Å². The van der Waals surface area contributed by atoms with Crippen LogP contribution in [-0.2, 0) is 4.79 Å². The summed E-state index contributed by atoms with van der Waals surface area (Å²) in [6, 6.07) is 8.30. The van der Waals surface area contributed by atoms with Crippen LogP contribution in [0.1, 0.15) is 5.56 Å². The van der Waals surface area contributed by atoms with Crippen LogP contribution in [-0.4, -0.2) is 38.5 Å². The molecule has 0 spiro atoms. The molecule has 0 atom stereocenters. The van der Waals surface area contributed by atoms with E-state index in [0.29, 0.717) is 36.7 Å². The average molecular weight is 562 g/mol. The molecule has 150 valence electrons. The Balaban J connectivity index is 1.95. The SMILES string of the molecule is COc1ccc(Cl)cc1-c1nc(S/C(=C\c2cc(Br)cc(Br)c2O)C(=O)O)n[nH]1. The van der Waals surface area contributed by atoms with Crippen LogP contribution in [0.3, 0.4) is 0 Å². The lowest BCUT2D eigenvalue weighted by Gasteiger charge is -2.06. The highest BCUT2D eigenvalue weighted by molar-refractivity contribution is 9.11. The Morgan fingerprint density at radius 1 is 1.31 bits per heavy atom. The Morgan fingerprint density at radius 3 is 2.76 bits per heavy atom. The van der Waals surface area contributed by atoms with Gasteiger partial charge >= 0.3 is 5.97 Å². The van der Waals surface area contributed by atoms with Gasteiger partial charge in [-0.2, -0.15) is 0 Å². The van der Waals surface area contributed by atoms with Gasteiger partial charge < -0.3 is 14.9 Å². The number of carboxylic acid groups (broad SMARTS) is 1. The van der Waals surface area contributed by atoms with Gasteiger partial charge in [-0.05, 0) is 64.1 Å². The van der Waals surface area contributed by atoms with Crippen molar-refractivity contribution >= 4 is 67.3 Å². The second-order valence-electron chi connectivity index (χ2n) is 5.55. The number of phenolic OH excluding ortho intramolecular Hbond substituents is 1. The zero-order chi connectivity index (χ0) is 21.1. The van der Waals surface area contributed by atoms with Crippen molar-refractivity contribution in [3.63, 3.8) is 0 Å². The van der Waals surface area contributed by atoms with E-state index in [1.165, 1.54) is 13.2 Å². The summed E-state index contributed by atoms with van der Waals surface area (Å²) in [4.78, 5) is 16.0. The van der Waals surface area contributed by atoms with Crippen molar-refractivity contribution in [2.45, 2.75) is 5.16 Å². The molecule has 0 aliphatic heterocycles. The number of aromatic hydroxyl groups is 1. The molecule has 3 aromatic rings. The van der Waals surface area contributed by atoms with Crippen LogP contribution in [0.15, 0.2) is 49.3 Å². The molecular formula is C18H12Br2ClN3O4S. The van der Waals surface area contributed by atoms with Gasteiger partial charge in [-0.1, -0.05) is 27.5 Å². The maximum absolute atomic E-state index is 11.7. The topological polar surface area (TPSA) is 108 Å². The molecule has 0 unspecified atom stereocenters. The number of hydrogen-bond donors (Lipinski definition) is 3. The number of carboxylic acids is 1. The molecule has 0 amide bonds. The molecule has 0 saturated heterocycles. The smallest absolute Gasteiger partial charge is 0.342 e. The van der Waals surface area contributed by atoms with Gasteiger partial charge in [0.1, 0.15) is 16.4 Å². The molecule has 0 fully saturated rings. The first-order valence-electron chi connectivity index (χ1n) is 7.85. The minimum atomic E-state index is -1.18. The van der Waals surface area contributed by atoms with Crippen LogP contribution in [0, 0.1) is 0 Å². The minimum Gasteiger partial charge on any atom is -0.506 e. The first-order valence-corrected chi connectivity index (χ1v) is 10.6. The molecule has 1 aromatic heterocycles. The molecule has 3 rings (SSSR count). The molecule has 7 nitrogen and oxygen atoms in total. The number of aromatic amines is 1. The van der Waals surface area contributed by atoms with Crippen molar-refractivity contribution in [1.82, 2.24) is 15.2 Å². The molecule has 0 bridgehead atoms. The monoisotopic (exact) mass is 559 g/mol. The summed E-state index contributed by atoms with van der Waals surface area (Å²) in [5.74, 6) is -0.339. The minimum absolute atomic E-state index is 0.0751. The lowest BCUT2D eigenvalue weighted by Crippen LogP contribution is -1.97. The fraction of sp³-hybridized carbons (Fsp3) is 0.0556. The molecule has 11 heteroatoms. The number of carbonyl (C=O) groups is 1. The van der Waals surface area contributed by atoms with Gasteiger partial charge in [0, 0.05) is 15.1 Å². The molecular weight excluding hydrogens is 550 g/mol. The normalized spacial score (nSPS) is 11.5. The number of nitrogens with one attached hydrogen (secondary N) is 1. The van der Waals surface area contributed by atoms with E-state index >= 15 is 0 Å². The number of hydrogen-bond acceptors (Lipinski definition) is 6. The van der Waals surface area contributed by atoms with Crippen LogP contribution in [0.2, 0.25) is 5.02 Å². The predicted molar refractivity (Wildman–Crippen MR) is 118 cm³/mol. The van der Waals surface area contributed by atoms with Gasteiger partial charge in [-0.15, -0.1) is 5.10 Å². The standard InChI is InChI=1S/C18H12Br2ClN3O4S/c1-28-13-3-2-10(21)7-11(13)16-22-18(24-23-16)29-14(17(26)27)5-8-4-9(19)6-12(20)15(8)25/h2-7,25H,1H3,(H,26,27)(H,22,23,24)/b14-5-. The molecule has 1 heterocycles. The maximum atomic E-state index is 11.7. The highest BCUT2D eigenvalue weighted by atomic mass is 79.9. The number of halogens is 3. The molecule has 0 saturated carbocycles. The number of nitrogens with zero attached hydrogens (tertiary/aromatic N) is 2. The third-order valence-electron chi connectivity index (χ3n) is 3.64. The number of H-pyrrole nitrogens is 1. The lowest BCUT2D eigenvalue weighted by atomic mass is 10.2. The molecule has 0 radical (unpaired) electrons. The number of phenols is 1. The van der Waals surface area contributed by atoms with E-state index in [0.717, 1.165) is 11.8 Å². The Morgan fingerprint density at radius 2 is 2.07 bits per heavy atom. The summed E-state index contributed by atoms with van der Waals surface area (Å²) in [5, 5.41) is 27.2. The van der Waals surface area contributed by atoms with E-state index in [-0.39, 0.29) is 15.8 Å². The van der Waals surface area contributed by atoms with Gasteiger partial charge in [0.15, 0.2) is 5.82 Å². The average Bonchev–Trinajstić information content (AvgIpc) is 3.13.